The molecular formula is C16H18N4O3S. The van der Waals surface area contributed by atoms with Crippen LogP contribution in [0.25, 0.3) is 6.08 Å². The van der Waals surface area contributed by atoms with E-state index >= 15 is 0 Å². The van der Waals surface area contributed by atoms with Gasteiger partial charge in [0.2, 0.25) is 15.9 Å². The lowest BCUT2D eigenvalue weighted by atomic mass is 10.2. The molecule has 0 heterocycles. The van der Waals surface area contributed by atoms with E-state index in [0.29, 0.717) is 5.56 Å². The Labute approximate surface area is 141 Å². The van der Waals surface area contributed by atoms with Crippen LogP contribution >= 0.6 is 0 Å². The van der Waals surface area contributed by atoms with Crippen molar-refractivity contribution >= 4 is 22.0 Å². The van der Waals surface area contributed by atoms with Crippen molar-refractivity contribution in [3.8, 4) is 12.1 Å². The topological polar surface area (TPSA) is 114 Å². The van der Waals surface area contributed by atoms with E-state index < -0.39 is 10.0 Å². The Morgan fingerprint density at radius 1 is 1.17 bits per heavy atom. The molecule has 0 saturated carbocycles. The molecule has 126 valence electrons. The molecule has 0 fully saturated rings. The van der Waals surface area contributed by atoms with Gasteiger partial charge in [0.25, 0.3) is 0 Å². The van der Waals surface area contributed by atoms with E-state index in [0.717, 1.165) is 0 Å². The van der Waals surface area contributed by atoms with Crippen molar-refractivity contribution in [2.75, 3.05) is 20.1 Å². The Hall–Kier alpha value is -2.68. The summed E-state index contributed by atoms with van der Waals surface area (Å²) < 4.78 is 25.5. The molecule has 24 heavy (non-hydrogen) atoms. The van der Waals surface area contributed by atoms with Crippen molar-refractivity contribution in [3.05, 3.63) is 35.9 Å². The summed E-state index contributed by atoms with van der Waals surface area (Å²) in [6, 6.07) is 9.99. The minimum atomic E-state index is -3.49. The van der Waals surface area contributed by atoms with Gasteiger partial charge in [-0.2, -0.15) is 10.5 Å². The second-order valence-corrected chi connectivity index (χ2v) is 6.64. The molecule has 1 N–H and O–H groups in total. The first-order valence-corrected chi connectivity index (χ1v) is 8.67. The highest BCUT2D eigenvalue weighted by Crippen LogP contribution is 2.11. The smallest absolute Gasteiger partial charge is 0.246 e. The average molecular weight is 346 g/mol. The van der Waals surface area contributed by atoms with E-state index in [1.165, 1.54) is 30.2 Å². The first-order chi connectivity index (χ1) is 11.4. The Morgan fingerprint density at radius 3 is 2.17 bits per heavy atom. The summed E-state index contributed by atoms with van der Waals surface area (Å²) in [6.07, 6.45) is 3.29. The predicted molar refractivity (Wildman–Crippen MR) is 88.8 cm³/mol. The molecule has 0 spiro atoms. The predicted octanol–water partition coefficient (Wildman–Crippen LogP) is 1.26. The van der Waals surface area contributed by atoms with Crippen LogP contribution in [0.3, 0.4) is 0 Å². The normalized spacial score (nSPS) is 11.0. The lowest BCUT2D eigenvalue weighted by Crippen LogP contribution is -2.31. The number of hydrogen-bond donors (Lipinski definition) is 1. The Balaban J connectivity index is 2.81. The number of nitrogens with zero attached hydrogens (tertiary/aromatic N) is 3. The summed E-state index contributed by atoms with van der Waals surface area (Å²) in [5.74, 6) is -0.299. The fraction of sp³-hybridized carbons (Fsp3) is 0.312. The fourth-order valence-corrected chi connectivity index (χ4v) is 2.58. The van der Waals surface area contributed by atoms with Gasteiger partial charge in [-0.25, -0.2) is 13.1 Å². The van der Waals surface area contributed by atoms with Gasteiger partial charge in [-0.15, -0.1) is 0 Å². The molecule has 0 aliphatic carbocycles. The average Bonchev–Trinajstić information content (AvgIpc) is 2.60. The SMILES string of the molecule is CNS(=O)(=O)c1ccc(C=CC(=O)N(CCC#N)CCC#N)cc1. The number of carbonyl (C=O) groups excluding carboxylic acids is 1. The van der Waals surface area contributed by atoms with Crippen molar-refractivity contribution in [3.63, 3.8) is 0 Å². The van der Waals surface area contributed by atoms with E-state index in [1.54, 1.807) is 18.2 Å². The Morgan fingerprint density at radius 2 is 1.71 bits per heavy atom. The second-order valence-electron chi connectivity index (χ2n) is 4.75. The number of sulfonamides is 1. The first kappa shape index (κ1) is 19.4. The van der Waals surface area contributed by atoms with Crippen LogP contribution in [-0.4, -0.2) is 39.4 Å². The van der Waals surface area contributed by atoms with Gasteiger partial charge in [0.15, 0.2) is 0 Å². The summed E-state index contributed by atoms with van der Waals surface area (Å²) in [6.45, 7) is 0.529. The summed E-state index contributed by atoms with van der Waals surface area (Å²) in [4.78, 5) is 13.7. The molecule has 0 atom stereocenters. The van der Waals surface area contributed by atoms with Gasteiger partial charge in [0.05, 0.1) is 29.9 Å². The molecule has 0 bridgehead atoms. The molecule has 0 aliphatic rings. The molecule has 0 unspecified atom stereocenters. The van der Waals surface area contributed by atoms with Gasteiger partial charge in [-0.3, -0.25) is 4.79 Å². The minimum absolute atomic E-state index is 0.137. The van der Waals surface area contributed by atoms with Crippen LogP contribution in [0.5, 0.6) is 0 Å². The number of rotatable bonds is 8. The van der Waals surface area contributed by atoms with Gasteiger partial charge < -0.3 is 4.90 Å². The quantitative estimate of drug-likeness (QED) is 0.712. The van der Waals surface area contributed by atoms with Crippen LogP contribution in [0.1, 0.15) is 18.4 Å². The highest BCUT2D eigenvalue weighted by Gasteiger charge is 2.11. The maximum atomic E-state index is 12.1. The van der Waals surface area contributed by atoms with Crippen molar-refractivity contribution < 1.29 is 13.2 Å². The van der Waals surface area contributed by atoms with Gasteiger partial charge in [-0.1, -0.05) is 12.1 Å². The van der Waals surface area contributed by atoms with Crippen LogP contribution < -0.4 is 4.72 Å². The molecule has 7 nitrogen and oxygen atoms in total. The Bertz CT molecular complexity index is 753. The van der Waals surface area contributed by atoms with Crippen LogP contribution in [-0.2, 0) is 14.8 Å². The summed E-state index contributed by atoms with van der Waals surface area (Å²) in [7, 11) is -2.16. The van der Waals surface area contributed by atoms with Crippen LogP contribution in [0.15, 0.2) is 35.2 Å². The molecule has 8 heteroatoms. The van der Waals surface area contributed by atoms with E-state index in [-0.39, 0.29) is 36.7 Å². The summed E-state index contributed by atoms with van der Waals surface area (Å²) in [5.41, 5.74) is 0.666. The number of hydrogen-bond acceptors (Lipinski definition) is 5. The lowest BCUT2D eigenvalue weighted by molar-refractivity contribution is -0.125. The van der Waals surface area contributed by atoms with Gasteiger partial charge >= 0.3 is 0 Å². The Kier molecular flexibility index (Phi) is 7.63. The largest absolute Gasteiger partial charge is 0.337 e. The van der Waals surface area contributed by atoms with E-state index in [1.807, 2.05) is 12.1 Å². The standard InChI is InChI=1S/C16H18N4O3S/c1-19-24(22,23)15-7-4-14(5-8-15)6-9-16(21)20(12-2-10-17)13-3-11-18/h4-9,19H,2-3,12-13H2,1H3. The maximum absolute atomic E-state index is 12.1. The molecular weight excluding hydrogens is 328 g/mol. The minimum Gasteiger partial charge on any atom is -0.337 e. The van der Waals surface area contributed by atoms with E-state index in [2.05, 4.69) is 4.72 Å². The van der Waals surface area contributed by atoms with E-state index in [4.69, 9.17) is 10.5 Å². The van der Waals surface area contributed by atoms with Crippen LogP contribution in [0.4, 0.5) is 0 Å². The zero-order valence-corrected chi connectivity index (χ0v) is 14.1. The first-order valence-electron chi connectivity index (χ1n) is 7.19. The second kappa shape index (κ2) is 9.46. The highest BCUT2D eigenvalue weighted by molar-refractivity contribution is 7.89. The van der Waals surface area contributed by atoms with Gasteiger partial charge in [0, 0.05) is 19.2 Å². The zero-order valence-electron chi connectivity index (χ0n) is 13.3. The number of nitriles is 2. The molecule has 0 saturated heterocycles. The van der Waals surface area contributed by atoms with E-state index in [9.17, 15) is 13.2 Å². The van der Waals surface area contributed by atoms with Gasteiger partial charge in [-0.05, 0) is 30.8 Å². The van der Waals surface area contributed by atoms with Crippen molar-refractivity contribution in [1.82, 2.24) is 9.62 Å². The number of nitrogens with one attached hydrogen (secondary N) is 1. The van der Waals surface area contributed by atoms with Crippen LogP contribution in [0, 0.1) is 22.7 Å². The third kappa shape index (κ3) is 5.84. The number of amides is 1. The molecule has 0 radical (unpaired) electrons. The summed E-state index contributed by atoms with van der Waals surface area (Å²) in [5, 5.41) is 17.2. The maximum Gasteiger partial charge on any atom is 0.246 e. The zero-order chi connectivity index (χ0) is 18.0. The molecule has 1 amide bonds. The third-order valence-corrected chi connectivity index (χ3v) is 4.61. The third-order valence-electron chi connectivity index (χ3n) is 3.18. The number of carbonyl (C=O) groups is 1. The molecule has 0 aromatic heterocycles. The monoisotopic (exact) mass is 346 g/mol. The van der Waals surface area contributed by atoms with Crippen molar-refractivity contribution in [2.24, 2.45) is 0 Å². The van der Waals surface area contributed by atoms with Crippen molar-refractivity contribution in [1.29, 1.82) is 10.5 Å². The van der Waals surface area contributed by atoms with Crippen LogP contribution in [0.2, 0.25) is 0 Å². The van der Waals surface area contributed by atoms with Crippen molar-refractivity contribution in [2.45, 2.75) is 17.7 Å². The fourth-order valence-electron chi connectivity index (χ4n) is 1.85. The lowest BCUT2D eigenvalue weighted by Gasteiger charge is -2.18. The highest BCUT2D eigenvalue weighted by atomic mass is 32.2. The van der Waals surface area contributed by atoms with Gasteiger partial charge in [0.1, 0.15) is 0 Å². The molecule has 1 aromatic rings. The summed E-state index contributed by atoms with van der Waals surface area (Å²) >= 11 is 0. The molecule has 1 aromatic carbocycles. The molecule has 0 aliphatic heterocycles. The number of benzene rings is 1. The molecule has 1 rings (SSSR count).